The highest BCUT2D eigenvalue weighted by Crippen LogP contribution is 2.32. The Morgan fingerprint density at radius 2 is 1.31 bits per heavy atom. The quantitative estimate of drug-likeness (QED) is 0.123. The van der Waals surface area contributed by atoms with Crippen LogP contribution in [0.1, 0.15) is 128 Å². The average Bonchev–Trinajstić information content (AvgIpc) is 3.43. The van der Waals surface area contributed by atoms with E-state index in [0.717, 1.165) is 5.56 Å². The number of likely N-dealkylation sites (N-methyl/N-ethyl adjacent to an activating group) is 2. The van der Waals surface area contributed by atoms with Crippen molar-refractivity contribution < 1.29 is 52.7 Å². The van der Waals surface area contributed by atoms with Gasteiger partial charge in [0.15, 0.2) is 0 Å². The maximum Gasteiger partial charge on any atom is 0.410 e. The molecule has 1 unspecified atom stereocenters. The number of hydrogen-bond acceptors (Lipinski definition) is 11. The smallest absolute Gasteiger partial charge is 0.410 e. The summed E-state index contributed by atoms with van der Waals surface area (Å²) in [5, 5.41) is 6.01. The van der Waals surface area contributed by atoms with E-state index < -0.39 is 100 Å². The standard InChI is InChI=1S/C45H69N5O11/c1-27(2)31(26-28(3)37(54)46-30(40(57)59-43(7,8)9)22-25-34(53)61-50-32(51)23-24-33(50)52)48(15)39(56)35(42(4,5)6)47-38(55)36(49(16)41(58)60-44(10,11)12)45(13,14)29-20-18-17-19-21-29/h17-21,26-27,30-31,35-36H,22-25H2,1-16H3,(H,46,54)(H,47,55)/b28-26+/t30-,31-,35?,36-/m1/s1. The van der Waals surface area contributed by atoms with Crippen molar-refractivity contribution >= 4 is 47.6 Å². The molecule has 1 heterocycles. The van der Waals surface area contributed by atoms with Crippen LogP contribution in [0.4, 0.5) is 4.79 Å². The summed E-state index contributed by atoms with van der Waals surface area (Å²) in [6.07, 6.45) is -0.00467. The van der Waals surface area contributed by atoms with Crippen molar-refractivity contribution in [3.8, 4) is 0 Å². The van der Waals surface area contributed by atoms with Crippen molar-refractivity contribution in [1.29, 1.82) is 0 Å². The van der Waals surface area contributed by atoms with Crippen LogP contribution in [-0.4, -0.2) is 112 Å². The Labute approximate surface area is 361 Å². The molecule has 340 valence electrons. The topological polar surface area (TPSA) is 198 Å². The molecular weight excluding hydrogens is 787 g/mol. The van der Waals surface area contributed by atoms with E-state index in [4.69, 9.17) is 14.3 Å². The van der Waals surface area contributed by atoms with E-state index in [9.17, 15) is 38.4 Å². The molecule has 0 spiro atoms. The van der Waals surface area contributed by atoms with Crippen molar-refractivity contribution in [2.24, 2.45) is 11.3 Å². The molecule has 2 N–H and O–H groups in total. The lowest BCUT2D eigenvalue weighted by atomic mass is 9.76. The Morgan fingerprint density at radius 1 is 0.787 bits per heavy atom. The van der Waals surface area contributed by atoms with Crippen molar-refractivity contribution in [2.75, 3.05) is 14.1 Å². The van der Waals surface area contributed by atoms with Gasteiger partial charge in [0.05, 0.1) is 12.5 Å². The fourth-order valence-electron chi connectivity index (χ4n) is 6.72. The minimum atomic E-state index is -1.32. The number of nitrogens with zero attached hydrogens (tertiary/aromatic N) is 3. The molecule has 1 aliphatic heterocycles. The first kappa shape index (κ1) is 51.9. The molecule has 2 rings (SSSR count). The summed E-state index contributed by atoms with van der Waals surface area (Å²) in [6.45, 7) is 24.5. The Hall–Kier alpha value is -5.28. The largest absolute Gasteiger partial charge is 0.458 e. The van der Waals surface area contributed by atoms with Crippen LogP contribution in [0.3, 0.4) is 0 Å². The number of carbonyl (C=O) groups excluding carboxylic acids is 8. The zero-order chi connectivity index (χ0) is 47.0. The van der Waals surface area contributed by atoms with E-state index in [0.29, 0.717) is 5.06 Å². The van der Waals surface area contributed by atoms with Gasteiger partial charge < -0.3 is 29.8 Å². The van der Waals surface area contributed by atoms with Crippen LogP contribution in [0, 0.1) is 11.3 Å². The lowest BCUT2D eigenvalue weighted by Crippen LogP contribution is -2.63. The second-order valence-corrected chi connectivity index (χ2v) is 19.6. The monoisotopic (exact) mass is 855 g/mol. The summed E-state index contributed by atoms with van der Waals surface area (Å²) in [7, 11) is 3.07. The molecule has 16 nitrogen and oxygen atoms in total. The first-order chi connectivity index (χ1) is 27.8. The summed E-state index contributed by atoms with van der Waals surface area (Å²) < 4.78 is 11.2. The zero-order valence-electron chi connectivity index (χ0n) is 39.0. The van der Waals surface area contributed by atoms with Gasteiger partial charge in [0.2, 0.25) is 17.7 Å². The van der Waals surface area contributed by atoms with E-state index in [1.165, 1.54) is 23.8 Å². The normalized spacial score (nSPS) is 16.0. The number of hydrogen-bond donors (Lipinski definition) is 2. The van der Waals surface area contributed by atoms with Crippen LogP contribution in [0.25, 0.3) is 0 Å². The molecule has 6 amide bonds. The maximum absolute atomic E-state index is 14.6. The van der Waals surface area contributed by atoms with Gasteiger partial charge in [-0.05, 0) is 71.8 Å². The van der Waals surface area contributed by atoms with Gasteiger partial charge in [-0.15, -0.1) is 5.06 Å². The number of ether oxygens (including phenoxy) is 2. The Bertz CT molecular complexity index is 1800. The van der Waals surface area contributed by atoms with Crippen molar-refractivity contribution in [2.45, 2.75) is 163 Å². The molecule has 16 heteroatoms. The summed E-state index contributed by atoms with van der Waals surface area (Å²) in [5.41, 5.74) is -2.64. The number of carbonyl (C=O) groups is 8. The van der Waals surface area contributed by atoms with Gasteiger partial charge in [-0.1, -0.05) is 84.9 Å². The summed E-state index contributed by atoms with van der Waals surface area (Å²) in [5.74, 6) is -5.05. The third-order valence-corrected chi connectivity index (χ3v) is 10.0. The molecule has 1 aliphatic rings. The highest BCUT2D eigenvalue weighted by atomic mass is 16.7. The average molecular weight is 856 g/mol. The summed E-state index contributed by atoms with van der Waals surface area (Å²) in [6, 6.07) is 5.04. The predicted molar refractivity (Wildman–Crippen MR) is 228 cm³/mol. The number of hydroxylamine groups is 2. The molecule has 0 radical (unpaired) electrons. The lowest BCUT2D eigenvalue weighted by Gasteiger charge is -2.42. The summed E-state index contributed by atoms with van der Waals surface area (Å²) in [4.78, 5) is 114. The molecule has 61 heavy (non-hydrogen) atoms. The number of rotatable bonds is 16. The van der Waals surface area contributed by atoms with Gasteiger partial charge in [-0.25, -0.2) is 14.4 Å². The fourth-order valence-corrected chi connectivity index (χ4v) is 6.72. The van der Waals surface area contributed by atoms with Gasteiger partial charge in [-0.2, -0.15) is 0 Å². The van der Waals surface area contributed by atoms with Crippen LogP contribution in [0.2, 0.25) is 0 Å². The summed E-state index contributed by atoms with van der Waals surface area (Å²) >= 11 is 0. The third-order valence-electron chi connectivity index (χ3n) is 10.0. The van der Waals surface area contributed by atoms with E-state index in [1.54, 1.807) is 54.7 Å². The molecule has 1 fully saturated rings. The van der Waals surface area contributed by atoms with Crippen molar-refractivity contribution in [3.05, 3.63) is 47.5 Å². The molecule has 1 aromatic carbocycles. The van der Waals surface area contributed by atoms with Crippen molar-refractivity contribution in [3.63, 3.8) is 0 Å². The number of benzene rings is 1. The molecule has 1 aromatic rings. The lowest BCUT2D eigenvalue weighted by molar-refractivity contribution is -0.197. The number of esters is 1. The molecule has 0 saturated carbocycles. The number of amides is 6. The molecule has 0 bridgehead atoms. The van der Waals surface area contributed by atoms with Crippen LogP contribution >= 0.6 is 0 Å². The first-order valence-electron chi connectivity index (χ1n) is 20.7. The molecule has 0 aromatic heterocycles. The second-order valence-electron chi connectivity index (χ2n) is 19.6. The van der Waals surface area contributed by atoms with Crippen molar-refractivity contribution in [1.82, 2.24) is 25.5 Å². The molecule has 1 saturated heterocycles. The highest BCUT2D eigenvalue weighted by Gasteiger charge is 2.46. The fraction of sp³-hybridized carbons (Fsp3) is 0.644. The minimum Gasteiger partial charge on any atom is -0.458 e. The van der Waals surface area contributed by atoms with Gasteiger partial charge in [-0.3, -0.25) is 28.9 Å². The van der Waals surface area contributed by atoms with E-state index in [-0.39, 0.29) is 30.8 Å². The van der Waals surface area contributed by atoms with Crippen LogP contribution < -0.4 is 10.6 Å². The minimum absolute atomic E-state index is 0.0843. The van der Waals surface area contributed by atoms with Gasteiger partial charge in [0, 0.05) is 37.9 Å². The van der Waals surface area contributed by atoms with Crippen LogP contribution in [-0.2, 0) is 53.3 Å². The predicted octanol–water partition coefficient (Wildman–Crippen LogP) is 5.37. The van der Waals surface area contributed by atoms with Gasteiger partial charge in [0.25, 0.3) is 11.8 Å². The van der Waals surface area contributed by atoms with Crippen LogP contribution in [0.5, 0.6) is 0 Å². The molecule has 4 atom stereocenters. The Kier molecular flexibility index (Phi) is 17.4. The molecular formula is C45H69N5O11. The second kappa shape index (κ2) is 20.5. The van der Waals surface area contributed by atoms with Crippen LogP contribution in [0.15, 0.2) is 42.0 Å². The van der Waals surface area contributed by atoms with E-state index >= 15 is 0 Å². The Balaban J connectivity index is 2.43. The van der Waals surface area contributed by atoms with E-state index in [1.807, 2.05) is 78.8 Å². The van der Waals surface area contributed by atoms with Gasteiger partial charge >= 0.3 is 18.0 Å². The third kappa shape index (κ3) is 15.0. The number of nitrogens with one attached hydrogen (secondary N) is 2. The maximum atomic E-state index is 14.6. The highest BCUT2D eigenvalue weighted by molar-refractivity contribution is 6.01. The number of imide groups is 1. The van der Waals surface area contributed by atoms with E-state index in [2.05, 4.69) is 10.6 Å². The van der Waals surface area contributed by atoms with Gasteiger partial charge in [0.1, 0.15) is 29.3 Å². The zero-order valence-corrected chi connectivity index (χ0v) is 39.0. The SMILES string of the molecule is C/C(=C\[C@H](C(C)C)N(C)C(=O)C(NC(=O)[C@@H](N(C)C(=O)OC(C)(C)C)C(C)(C)c1ccccc1)C(C)(C)C)C(=O)N[C@H](CCC(=O)ON1C(=O)CCC1=O)C(=O)OC(C)(C)C. The first-order valence-corrected chi connectivity index (χ1v) is 20.7. The Morgan fingerprint density at radius 3 is 1.79 bits per heavy atom. The molecule has 0 aliphatic carbocycles.